The molecule has 0 amide bonds. The highest BCUT2D eigenvalue weighted by Crippen LogP contribution is 2.24. The minimum atomic E-state index is 0.103. The average Bonchev–Trinajstić information content (AvgIpc) is 2.66. The largest absolute Gasteiger partial charge is 0.300 e. The molecule has 0 N–H and O–H groups in total. The Bertz CT molecular complexity index is 390. The van der Waals surface area contributed by atoms with E-state index in [2.05, 4.69) is 10.1 Å². The second kappa shape index (κ2) is 3.58. The van der Waals surface area contributed by atoms with Gasteiger partial charge in [0.25, 0.3) is 5.82 Å². The van der Waals surface area contributed by atoms with Crippen molar-refractivity contribution in [3.63, 3.8) is 0 Å². The molecule has 1 aromatic rings. The number of ketones is 1. The number of nitrogens with zero attached hydrogens (tertiary/aromatic N) is 4. The van der Waals surface area contributed by atoms with Gasteiger partial charge in [-0.15, -0.1) is 5.10 Å². The maximum absolute atomic E-state index is 11.2. The third kappa shape index (κ3) is 1.64. The normalized spacial score (nSPS) is 21.9. The van der Waals surface area contributed by atoms with Gasteiger partial charge in [0.05, 0.1) is 6.04 Å². The fourth-order valence-electron chi connectivity index (χ4n) is 1.73. The summed E-state index contributed by atoms with van der Waals surface area (Å²) in [4.78, 5) is 15.0. The van der Waals surface area contributed by atoms with E-state index in [0.29, 0.717) is 12.8 Å². The number of Topliss-reactive ketones (excluding diaryl/α,β-unsaturated/α-hetero) is 1. The van der Waals surface area contributed by atoms with Gasteiger partial charge in [-0.25, -0.2) is 9.67 Å². The third-order valence-corrected chi connectivity index (χ3v) is 2.44. The van der Waals surface area contributed by atoms with Gasteiger partial charge in [0.2, 0.25) is 0 Å². The van der Waals surface area contributed by atoms with Crippen molar-refractivity contribution < 1.29 is 4.79 Å². The van der Waals surface area contributed by atoms with Crippen LogP contribution >= 0.6 is 0 Å². The number of carbonyl (C=O) groups is 1. The lowest BCUT2D eigenvalue weighted by Gasteiger charge is -2.20. The third-order valence-electron chi connectivity index (χ3n) is 2.44. The molecule has 0 aromatic carbocycles. The monoisotopic (exact) mass is 190 g/mol. The Morgan fingerprint density at radius 3 is 3.14 bits per heavy atom. The van der Waals surface area contributed by atoms with Gasteiger partial charge in [-0.1, -0.05) is 0 Å². The second-order valence-electron chi connectivity index (χ2n) is 3.45. The molecule has 14 heavy (non-hydrogen) atoms. The van der Waals surface area contributed by atoms with Crippen molar-refractivity contribution in [2.24, 2.45) is 0 Å². The molecule has 1 atom stereocenters. The lowest BCUT2D eigenvalue weighted by atomic mass is 9.95. The van der Waals surface area contributed by atoms with E-state index in [1.54, 1.807) is 4.68 Å². The topological polar surface area (TPSA) is 71.6 Å². The minimum absolute atomic E-state index is 0.103. The molecule has 5 nitrogen and oxygen atoms in total. The molecule has 1 aromatic heterocycles. The minimum Gasteiger partial charge on any atom is -0.300 e. The van der Waals surface area contributed by atoms with Crippen LogP contribution in [0.5, 0.6) is 0 Å². The van der Waals surface area contributed by atoms with Crippen molar-refractivity contribution >= 4 is 5.78 Å². The van der Waals surface area contributed by atoms with Gasteiger partial charge in [0, 0.05) is 12.8 Å². The van der Waals surface area contributed by atoms with Gasteiger partial charge in [0.15, 0.2) is 0 Å². The molecule has 1 unspecified atom stereocenters. The van der Waals surface area contributed by atoms with Crippen molar-refractivity contribution in [2.75, 3.05) is 0 Å². The zero-order chi connectivity index (χ0) is 9.97. The SMILES string of the molecule is N#Cc1ncn(C2CCCC(=O)C2)n1. The van der Waals surface area contributed by atoms with Crippen LogP contribution in [0.2, 0.25) is 0 Å². The van der Waals surface area contributed by atoms with Gasteiger partial charge >= 0.3 is 0 Å². The van der Waals surface area contributed by atoms with E-state index in [1.165, 1.54) is 6.33 Å². The van der Waals surface area contributed by atoms with Crippen LogP contribution in [0.3, 0.4) is 0 Å². The van der Waals surface area contributed by atoms with E-state index in [0.717, 1.165) is 12.8 Å². The summed E-state index contributed by atoms with van der Waals surface area (Å²) in [6.45, 7) is 0. The van der Waals surface area contributed by atoms with Crippen molar-refractivity contribution in [1.82, 2.24) is 14.8 Å². The fourth-order valence-corrected chi connectivity index (χ4v) is 1.73. The lowest BCUT2D eigenvalue weighted by Crippen LogP contribution is -2.19. The van der Waals surface area contributed by atoms with E-state index in [9.17, 15) is 4.79 Å². The maximum atomic E-state index is 11.2. The first-order chi connectivity index (χ1) is 6.79. The fraction of sp³-hybridized carbons (Fsp3) is 0.556. The zero-order valence-electron chi connectivity index (χ0n) is 7.68. The molecule has 1 heterocycles. The van der Waals surface area contributed by atoms with Gasteiger partial charge in [-0.05, 0) is 12.8 Å². The highest BCUT2D eigenvalue weighted by Gasteiger charge is 2.21. The van der Waals surface area contributed by atoms with E-state index in [-0.39, 0.29) is 17.6 Å². The quantitative estimate of drug-likeness (QED) is 0.657. The van der Waals surface area contributed by atoms with Gasteiger partial charge < -0.3 is 0 Å². The summed E-state index contributed by atoms with van der Waals surface area (Å²) in [5, 5.41) is 12.5. The highest BCUT2D eigenvalue weighted by atomic mass is 16.1. The molecule has 5 heteroatoms. The Kier molecular flexibility index (Phi) is 2.27. The molecular weight excluding hydrogens is 180 g/mol. The molecule has 1 fully saturated rings. The highest BCUT2D eigenvalue weighted by molar-refractivity contribution is 5.79. The lowest BCUT2D eigenvalue weighted by molar-refractivity contribution is -0.121. The zero-order valence-corrected chi connectivity index (χ0v) is 7.68. The van der Waals surface area contributed by atoms with Gasteiger partial charge in [0.1, 0.15) is 18.2 Å². The number of carbonyl (C=O) groups excluding carboxylic acids is 1. The molecule has 0 radical (unpaired) electrons. The molecule has 1 aliphatic carbocycles. The molecule has 0 saturated heterocycles. The van der Waals surface area contributed by atoms with Crippen LogP contribution in [-0.2, 0) is 4.79 Å². The maximum Gasteiger partial charge on any atom is 0.252 e. The van der Waals surface area contributed by atoms with Crippen LogP contribution in [0.1, 0.15) is 37.5 Å². The standard InChI is InChI=1S/C9H10N4O/c10-5-9-11-6-13(12-9)7-2-1-3-8(14)4-7/h6-7H,1-4H2. The Balaban J connectivity index is 2.14. The van der Waals surface area contributed by atoms with E-state index in [4.69, 9.17) is 5.26 Å². The van der Waals surface area contributed by atoms with Crippen LogP contribution in [-0.4, -0.2) is 20.5 Å². The second-order valence-corrected chi connectivity index (χ2v) is 3.45. The summed E-state index contributed by atoms with van der Waals surface area (Å²) in [6, 6.07) is 1.97. The van der Waals surface area contributed by atoms with Crippen LogP contribution in [0, 0.1) is 11.3 Å². The summed E-state index contributed by atoms with van der Waals surface area (Å²) in [5.41, 5.74) is 0. The van der Waals surface area contributed by atoms with Crippen LogP contribution in [0.25, 0.3) is 0 Å². The number of hydrogen-bond donors (Lipinski definition) is 0. The first-order valence-electron chi connectivity index (χ1n) is 4.62. The Morgan fingerprint density at radius 1 is 1.64 bits per heavy atom. The van der Waals surface area contributed by atoms with E-state index >= 15 is 0 Å². The summed E-state index contributed by atoms with van der Waals surface area (Å²) in [7, 11) is 0. The molecule has 1 aliphatic rings. The molecule has 0 bridgehead atoms. The molecule has 1 saturated carbocycles. The van der Waals surface area contributed by atoms with E-state index < -0.39 is 0 Å². The smallest absolute Gasteiger partial charge is 0.252 e. The molecular formula is C9H10N4O. The summed E-state index contributed by atoms with van der Waals surface area (Å²) >= 11 is 0. The predicted molar refractivity (Wildman–Crippen MR) is 47.2 cm³/mol. The summed E-state index contributed by atoms with van der Waals surface area (Å²) in [5.74, 6) is 0.443. The Hall–Kier alpha value is -1.70. The van der Waals surface area contributed by atoms with Crippen LogP contribution in [0.15, 0.2) is 6.33 Å². The predicted octanol–water partition coefficient (Wildman–Crippen LogP) is 0.834. The van der Waals surface area contributed by atoms with Gasteiger partial charge in [-0.3, -0.25) is 4.79 Å². The summed E-state index contributed by atoms with van der Waals surface area (Å²) in [6.07, 6.45) is 4.58. The Morgan fingerprint density at radius 2 is 2.50 bits per heavy atom. The number of rotatable bonds is 1. The van der Waals surface area contributed by atoms with Crippen LogP contribution < -0.4 is 0 Å². The molecule has 0 aliphatic heterocycles. The van der Waals surface area contributed by atoms with Crippen molar-refractivity contribution in [3.05, 3.63) is 12.2 Å². The van der Waals surface area contributed by atoms with E-state index in [1.807, 2.05) is 6.07 Å². The van der Waals surface area contributed by atoms with Crippen molar-refractivity contribution in [1.29, 1.82) is 5.26 Å². The number of aromatic nitrogens is 3. The summed E-state index contributed by atoms with van der Waals surface area (Å²) < 4.78 is 1.63. The Labute approximate surface area is 81.4 Å². The van der Waals surface area contributed by atoms with Crippen molar-refractivity contribution in [3.8, 4) is 6.07 Å². The number of hydrogen-bond acceptors (Lipinski definition) is 4. The first-order valence-corrected chi connectivity index (χ1v) is 4.62. The molecule has 0 spiro atoms. The van der Waals surface area contributed by atoms with Crippen molar-refractivity contribution in [2.45, 2.75) is 31.7 Å². The first kappa shape index (κ1) is 8.88. The average molecular weight is 190 g/mol. The molecule has 2 rings (SSSR count). The molecule has 72 valence electrons. The number of nitriles is 1. The van der Waals surface area contributed by atoms with Gasteiger partial charge in [-0.2, -0.15) is 5.26 Å². The van der Waals surface area contributed by atoms with Crippen LogP contribution in [0.4, 0.5) is 0 Å².